The van der Waals surface area contributed by atoms with E-state index >= 15 is 0 Å². The maximum atomic E-state index is 10.6. The number of nitrogen functional groups attached to an aromatic ring is 1. The van der Waals surface area contributed by atoms with Crippen LogP contribution in [-0.4, -0.2) is 21.1 Å². The second kappa shape index (κ2) is 3.89. The maximum absolute atomic E-state index is 10.6. The molecule has 0 aliphatic heterocycles. The summed E-state index contributed by atoms with van der Waals surface area (Å²) < 4.78 is 0. The number of benzene rings is 1. The van der Waals surface area contributed by atoms with Crippen LogP contribution in [0.2, 0.25) is 0 Å². The van der Waals surface area contributed by atoms with Gasteiger partial charge in [-0.1, -0.05) is 23.9 Å². The molecule has 1 atom stereocenters. The molecular weight excluding hydrogens is 202 g/mol. The summed E-state index contributed by atoms with van der Waals surface area (Å²) in [5.74, 6) is -1.29. The van der Waals surface area contributed by atoms with Gasteiger partial charge in [0.15, 0.2) is 0 Å². The molecular formula is C9H11NO3S. The first kappa shape index (κ1) is 10.9. The van der Waals surface area contributed by atoms with Crippen molar-refractivity contribution in [3.05, 3.63) is 24.3 Å². The molecule has 0 bridgehead atoms. The summed E-state index contributed by atoms with van der Waals surface area (Å²) in [5.41, 5.74) is 6.06. The van der Waals surface area contributed by atoms with E-state index in [2.05, 4.69) is 0 Å². The molecule has 4 nitrogen and oxygen atoms in total. The second-order valence-corrected chi connectivity index (χ2v) is 4.37. The fraction of sp³-hybridized carbons (Fsp3) is 0.222. The number of hydrogen-bond acceptors (Lipinski definition) is 4. The van der Waals surface area contributed by atoms with E-state index in [9.17, 15) is 9.90 Å². The van der Waals surface area contributed by atoms with Gasteiger partial charge in [-0.25, -0.2) is 4.79 Å². The van der Waals surface area contributed by atoms with Crippen LogP contribution in [0.4, 0.5) is 5.69 Å². The van der Waals surface area contributed by atoms with Crippen LogP contribution in [0.5, 0.6) is 0 Å². The zero-order valence-corrected chi connectivity index (χ0v) is 8.41. The van der Waals surface area contributed by atoms with Crippen LogP contribution >= 0.6 is 11.8 Å². The predicted molar refractivity (Wildman–Crippen MR) is 55.0 cm³/mol. The SMILES string of the molecule is CC(O)(Sc1ccccc1N)C(=O)O. The lowest BCUT2D eigenvalue weighted by Gasteiger charge is -2.17. The van der Waals surface area contributed by atoms with Gasteiger partial charge >= 0.3 is 5.97 Å². The van der Waals surface area contributed by atoms with Gasteiger partial charge in [-0.15, -0.1) is 0 Å². The van der Waals surface area contributed by atoms with Gasteiger partial charge in [-0.05, 0) is 19.1 Å². The molecule has 0 heterocycles. The van der Waals surface area contributed by atoms with Crippen molar-refractivity contribution in [2.75, 3.05) is 5.73 Å². The quantitative estimate of drug-likeness (QED) is 0.398. The van der Waals surface area contributed by atoms with Crippen LogP contribution in [0.25, 0.3) is 0 Å². The molecule has 0 amide bonds. The summed E-state index contributed by atoms with van der Waals surface area (Å²) in [4.78, 5) is 9.33. The highest BCUT2D eigenvalue weighted by molar-refractivity contribution is 8.01. The molecule has 5 heteroatoms. The first-order valence-corrected chi connectivity index (χ1v) is 4.74. The van der Waals surface area contributed by atoms with Gasteiger partial charge in [0.05, 0.1) is 0 Å². The molecule has 0 fully saturated rings. The third kappa shape index (κ3) is 2.40. The molecule has 1 unspecified atom stereocenters. The number of hydrogen-bond donors (Lipinski definition) is 3. The maximum Gasteiger partial charge on any atom is 0.346 e. The fourth-order valence-corrected chi connectivity index (χ4v) is 1.68. The monoisotopic (exact) mass is 213 g/mol. The summed E-state index contributed by atoms with van der Waals surface area (Å²) in [6, 6.07) is 6.79. The molecule has 0 aliphatic carbocycles. The van der Waals surface area contributed by atoms with Crippen molar-refractivity contribution in [3.63, 3.8) is 0 Å². The van der Waals surface area contributed by atoms with Crippen molar-refractivity contribution in [2.24, 2.45) is 0 Å². The number of anilines is 1. The van der Waals surface area contributed by atoms with Gasteiger partial charge in [-0.2, -0.15) is 0 Å². The van der Waals surface area contributed by atoms with E-state index in [1.54, 1.807) is 24.3 Å². The summed E-state index contributed by atoms with van der Waals surface area (Å²) in [5, 5.41) is 18.2. The van der Waals surface area contributed by atoms with Gasteiger partial charge in [0.1, 0.15) is 0 Å². The Morgan fingerprint density at radius 2 is 2.07 bits per heavy atom. The molecule has 1 rings (SSSR count). The summed E-state index contributed by atoms with van der Waals surface area (Å²) in [6.07, 6.45) is 0. The topological polar surface area (TPSA) is 83.5 Å². The van der Waals surface area contributed by atoms with Gasteiger partial charge < -0.3 is 15.9 Å². The second-order valence-electron chi connectivity index (χ2n) is 2.93. The highest BCUT2D eigenvalue weighted by Gasteiger charge is 2.31. The highest BCUT2D eigenvalue weighted by Crippen LogP contribution is 2.34. The van der Waals surface area contributed by atoms with Crippen molar-refractivity contribution in [2.45, 2.75) is 16.8 Å². The molecule has 0 radical (unpaired) electrons. The molecule has 0 aliphatic rings. The third-order valence-corrected chi connectivity index (χ3v) is 2.79. The summed E-state index contributed by atoms with van der Waals surface area (Å²) in [7, 11) is 0. The molecule has 0 saturated heterocycles. The molecule has 14 heavy (non-hydrogen) atoms. The Morgan fingerprint density at radius 3 is 2.57 bits per heavy atom. The Hall–Kier alpha value is -1.20. The lowest BCUT2D eigenvalue weighted by molar-refractivity contribution is -0.148. The Labute approximate surface area is 85.7 Å². The van der Waals surface area contributed by atoms with Gasteiger partial charge in [-0.3, -0.25) is 0 Å². The average Bonchev–Trinajstić information content (AvgIpc) is 2.08. The average molecular weight is 213 g/mol. The number of carboxylic acids is 1. The fourth-order valence-electron chi connectivity index (χ4n) is 0.831. The van der Waals surface area contributed by atoms with E-state index in [1.165, 1.54) is 6.92 Å². The third-order valence-electron chi connectivity index (χ3n) is 1.62. The number of aliphatic carboxylic acids is 1. The molecule has 1 aromatic rings. The molecule has 76 valence electrons. The van der Waals surface area contributed by atoms with Crippen LogP contribution in [0.15, 0.2) is 29.2 Å². The van der Waals surface area contributed by atoms with Crippen molar-refractivity contribution < 1.29 is 15.0 Å². The molecule has 0 saturated carbocycles. The van der Waals surface area contributed by atoms with E-state index in [4.69, 9.17) is 10.8 Å². The minimum atomic E-state index is -1.85. The van der Waals surface area contributed by atoms with E-state index in [1.807, 2.05) is 0 Å². The van der Waals surface area contributed by atoms with Crippen LogP contribution in [0.3, 0.4) is 0 Å². The van der Waals surface area contributed by atoms with Crippen LogP contribution in [0.1, 0.15) is 6.92 Å². The first-order chi connectivity index (χ1) is 6.43. The Morgan fingerprint density at radius 1 is 1.50 bits per heavy atom. The van der Waals surface area contributed by atoms with Crippen molar-refractivity contribution in [1.82, 2.24) is 0 Å². The number of para-hydroxylation sites is 1. The van der Waals surface area contributed by atoms with Crippen LogP contribution in [-0.2, 0) is 4.79 Å². The predicted octanol–water partition coefficient (Wildman–Crippen LogP) is 1.15. The summed E-state index contributed by atoms with van der Waals surface area (Å²) >= 11 is 0.812. The Balaban J connectivity index is 2.89. The first-order valence-electron chi connectivity index (χ1n) is 3.93. The Bertz CT molecular complexity index is 352. The van der Waals surface area contributed by atoms with Crippen molar-refractivity contribution >= 4 is 23.4 Å². The smallest absolute Gasteiger partial charge is 0.346 e. The number of aliphatic hydroxyl groups is 1. The molecule has 0 spiro atoms. The van der Waals surface area contributed by atoms with E-state index in [-0.39, 0.29) is 0 Å². The number of carbonyl (C=O) groups is 1. The van der Waals surface area contributed by atoms with E-state index in [0.717, 1.165) is 11.8 Å². The minimum Gasteiger partial charge on any atom is -0.478 e. The zero-order valence-electron chi connectivity index (χ0n) is 7.60. The lowest BCUT2D eigenvalue weighted by atomic mass is 10.3. The zero-order chi connectivity index (χ0) is 10.8. The van der Waals surface area contributed by atoms with Crippen molar-refractivity contribution in [3.8, 4) is 0 Å². The molecule has 4 N–H and O–H groups in total. The number of thioether (sulfide) groups is 1. The van der Waals surface area contributed by atoms with Crippen LogP contribution < -0.4 is 5.73 Å². The van der Waals surface area contributed by atoms with Gasteiger partial charge in [0, 0.05) is 10.6 Å². The van der Waals surface area contributed by atoms with Crippen molar-refractivity contribution in [1.29, 1.82) is 0 Å². The number of nitrogens with two attached hydrogens (primary N) is 1. The largest absolute Gasteiger partial charge is 0.478 e. The lowest BCUT2D eigenvalue weighted by Crippen LogP contribution is -2.30. The number of rotatable bonds is 3. The summed E-state index contributed by atoms with van der Waals surface area (Å²) in [6.45, 7) is 1.21. The number of carboxylic acid groups (broad SMARTS) is 1. The van der Waals surface area contributed by atoms with E-state index < -0.39 is 10.9 Å². The van der Waals surface area contributed by atoms with Crippen LogP contribution in [0, 0.1) is 0 Å². The Kier molecular flexibility index (Phi) is 3.03. The van der Waals surface area contributed by atoms with Gasteiger partial charge in [0.2, 0.25) is 4.93 Å². The highest BCUT2D eigenvalue weighted by atomic mass is 32.2. The normalized spacial score (nSPS) is 14.7. The van der Waals surface area contributed by atoms with E-state index in [0.29, 0.717) is 10.6 Å². The molecule has 0 aromatic heterocycles. The standard InChI is InChI=1S/C9H11NO3S/c1-9(13,8(11)12)14-7-5-3-2-4-6(7)10/h2-5,13H,10H2,1H3,(H,11,12). The van der Waals surface area contributed by atoms with Gasteiger partial charge in [0.25, 0.3) is 0 Å². The molecule has 1 aromatic carbocycles. The minimum absolute atomic E-state index is 0.457.